The molecule has 0 saturated carbocycles. The van der Waals surface area contributed by atoms with Gasteiger partial charge in [0.05, 0.1) is 0 Å². The number of nitrogens with zero attached hydrogens (tertiary/aromatic N) is 5. The van der Waals surface area contributed by atoms with E-state index in [2.05, 4.69) is 80.9 Å². The highest BCUT2D eigenvalue weighted by atomic mass is 16.1. The maximum absolute atomic E-state index is 12.4. The van der Waals surface area contributed by atoms with Crippen LogP contribution in [0.3, 0.4) is 0 Å². The number of nitrogens with one attached hydrogen (secondary N) is 3. The summed E-state index contributed by atoms with van der Waals surface area (Å²) in [6, 6.07) is 10.3. The average Bonchev–Trinajstić information content (AvgIpc) is 2.94. The van der Waals surface area contributed by atoms with Crippen molar-refractivity contribution < 1.29 is 4.79 Å². The molecule has 0 radical (unpaired) electrons. The first kappa shape index (κ1) is 24.4. The number of benzene rings is 1. The van der Waals surface area contributed by atoms with Crippen molar-refractivity contribution in [2.75, 3.05) is 61.8 Å². The molecule has 1 saturated heterocycles. The van der Waals surface area contributed by atoms with Crippen LogP contribution in [0.25, 0.3) is 5.57 Å². The minimum atomic E-state index is -0.128. The fourth-order valence-corrected chi connectivity index (χ4v) is 5.32. The number of carbonyl (C=O) groups excluding carboxylic acids is 1. The van der Waals surface area contributed by atoms with Crippen LogP contribution in [0.2, 0.25) is 0 Å². The monoisotopic (exact) mass is 510 g/mol. The molecule has 0 aliphatic carbocycles. The quantitative estimate of drug-likeness (QED) is 0.482. The van der Waals surface area contributed by atoms with Crippen LogP contribution in [0.4, 0.5) is 17.6 Å². The Kier molecular flexibility index (Phi) is 6.23. The molecule has 1 amide bonds. The van der Waals surface area contributed by atoms with Crippen molar-refractivity contribution in [1.29, 1.82) is 0 Å². The maximum atomic E-state index is 12.4. The van der Waals surface area contributed by atoms with Crippen molar-refractivity contribution in [3.63, 3.8) is 0 Å². The van der Waals surface area contributed by atoms with E-state index in [1.165, 1.54) is 0 Å². The molecule has 9 heteroatoms. The zero-order valence-electron chi connectivity index (χ0n) is 22.2. The van der Waals surface area contributed by atoms with E-state index in [0.717, 1.165) is 71.2 Å². The van der Waals surface area contributed by atoms with E-state index >= 15 is 0 Å². The van der Waals surface area contributed by atoms with E-state index in [-0.39, 0.29) is 11.3 Å². The van der Waals surface area contributed by atoms with Crippen molar-refractivity contribution in [2.24, 2.45) is 0 Å². The fourth-order valence-electron chi connectivity index (χ4n) is 5.32. The van der Waals surface area contributed by atoms with Crippen LogP contribution in [-0.2, 0) is 12.0 Å². The van der Waals surface area contributed by atoms with Crippen LogP contribution in [0.1, 0.15) is 46.5 Å². The number of hydrogen-bond acceptors (Lipinski definition) is 8. The van der Waals surface area contributed by atoms with Gasteiger partial charge in [-0.05, 0) is 47.5 Å². The molecule has 2 aromatic heterocycles. The summed E-state index contributed by atoms with van der Waals surface area (Å²) in [5, 5.41) is 9.72. The van der Waals surface area contributed by atoms with Crippen LogP contribution in [0.5, 0.6) is 0 Å². The number of carbonyl (C=O) groups is 1. The molecule has 0 atom stereocenters. The Bertz CT molecular complexity index is 1390. The fraction of sp³-hybridized carbons (Fsp3) is 0.379. The second-order valence-electron chi connectivity index (χ2n) is 11.0. The van der Waals surface area contributed by atoms with E-state index in [1.54, 1.807) is 0 Å². The lowest BCUT2D eigenvalue weighted by Gasteiger charge is -2.33. The van der Waals surface area contributed by atoms with Gasteiger partial charge in [-0.25, -0.2) is 9.97 Å². The second kappa shape index (κ2) is 9.72. The zero-order chi connectivity index (χ0) is 26.3. The Labute approximate surface area is 223 Å². The van der Waals surface area contributed by atoms with Gasteiger partial charge in [0.15, 0.2) is 0 Å². The van der Waals surface area contributed by atoms with Gasteiger partial charge in [0.2, 0.25) is 5.95 Å². The number of piperazine rings is 1. The molecule has 9 nitrogen and oxygen atoms in total. The molecule has 3 aromatic rings. The summed E-state index contributed by atoms with van der Waals surface area (Å²) in [7, 11) is 2.16. The molecule has 0 bridgehead atoms. The summed E-state index contributed by atoms with van der Waals surface area (Å²) in [6.45, 7) is 10.4. The van der Waals surface area contributed by atoms with Crippen LogP contribution in [-0.4, -0.2) is 72.1 Å². The van der Waals surface area contributed by atoms with Gasteiger partial charge in [-0.1, -0.05) is 32.1 Å². The van der Waals surface area contributed by atoms with Gasteiger partial charge >= 0.3 is 0 Å². The first-order chi connectivity index (χ1) is 18.4. The number of hydrogen-bond donors (Lipinski definition) is 3. The van der Waals surface area contributed by atoms with Gasteiger partial charge in [0.25, 0.3) is 5.91 Å². The first-order valence-corrected chi connectivity index (χ1v) is 13.2. The summed E-state index contributed by atoms with van der Waals surface area (Å²) in [6.07, 6.45) is 5.95. The highest BCUT2D eigenvalue weighted by Crippen LogP contribution is 2.36. The topological polar surface area (TPSA) is 98.3 Å². The molecule has 3 N–H and O–H groups in total. The molecule has 6 rings (SSSR count). The van der Waals surface area contributed by atoms with E-state index < -0.39 is 0 Å². The van der Waals surface area contributed by atoms with Crippen molar-refractivity contribution in [2.45, 2.75) is 25.8 Å². The Hall–Kier alpha value is -3.98. The third-order valence-electron chi connectivity index (χ3n) is 7.74. The van der Waals surface area contributed by atoms with E-state index in [0.29, 0.717) is 25.6 Å². The summed E-state index contributed by atoms with van der Waals surface area (Å²) in [5.74, 6) is 2.40. The summed E-state index contributed by atoms with van der Waals surface area (Å²) in [5.41, 5.74) is 5.89. The van der Waals surface area contributed by atoms with E-state index in [9.17, 15) is 4.79 Å². The first-order valence-electron chi connectivity index (χ1n) is 13.2. The summed E-state index contributed by atoms with van der Waals surface area (Å²) < 4.78 is 0. The van der Waals surface area contributed by atoms with Gasteiger partial charge in [-0.2, -0.15) is 4.98 Å². The summed E-state index contributed by atoms with van der Waals surface area (Å²) >= 11 is 0. The van der Waals surface area contributed by atoms with Gasteiger partial charge < -0.3 is 25.8 Å². The molecule has 0 unspecified atom stereocenters. The third-order valence-corrected chi connectivity index (χ3v) is 7.74. The lowest BCUT2D eigenvalue weighted by molar-refractivity contribution is 0.0930. The lowest BCUT2D eigenvalue weighted by atomic mass is 9.77. The average molecular weight is 511 g/mol. The van der Waals surface area contributed by atoms with Crippen molar-refractivity contribution in [3.8, 4) is 0 Å². The van der Waals surface area contributed by atoms with Crippen LogP contribution >= 0.6 is 0 Å². The van der Waals surface area contributed by atoms with Crippen molar-refractivity contribution >= 4 is 29.1 Å². The molecule has 3 aliphatic heterocycles. The molecular formula is C29H34N8O. The number of fused-ring (bicyclic) bond motifs is 2. The van der Waals surface area contributed by atoms with Crippen molar-refractivity contribution in [3.05, 3.63) is 76.6 Å². The van der Waals surface area contributed by atoms with Crippen molar-refractivity contribution in [1.82, 2.24) is 25.2 Å². The van der Waals surface area contributed by atoms with E-state index in [4.69, 9.17) is 4.98 Å². The molecule has 196 valence electrons. The maximum Gasteiger partial charge on any atom is 0.251 e. The Morgan fingerprint density at radius 3 is 2.63 bits per heavy atom. The molecule has 3 aliphatic rings. The number of pyridine rings is 1. The summed E-state index contributed by atoms with van der Waals surface area (Å²) in [4.78, 5) is 31.1. The lowest BCUT2D eigenvalue weighted by Crippen LogP contribution is -2.44. The number of rotatable bonds is 5. The number of anilines is 3. The predicted octanol–water partition coefficient (Wildman–Crippen LogP) is 3.11. The molecule has 1 fully saturated rings. The SMILES string of the molecule is CN1CCN(c2ccc(CNc3ncc4c(n3)NCC=C4c3ccc4c(c3)C(C)(C)CNC4=O)cn2)CC1. The largest absolute Gasteiger partial charge is 0.366 e. The molecule has 5 heterocycles. The van der Waals surface area contributed by atoms with Crippen LogP contribution < -0.4 is 20.9 Å². The minimum absolute atomic E-state index is 0.00576. The Balaban J connectivity index is 1.16. The number of amides is 1. The minimum Gasteiger partial charge on any atom is -0.366 e. The number of aromatic nitrogens is 3. The molecule has 1 aromatic carbocycles. The smallest absolute Gasteiger partial charge is 0.251 e. The zero-order valence-corrected chi connectivity index (χ0v) is 22.2. The predicted molar refractivity (Wildman–Crippen MR) is 151 cm³/mol. The Morgan fingerprint density at radius 1 is 1.00 bits per heavy atom. The third kappa shape index (κ3) is 4.69. The van der Waals surface area contributed by atoms with Gasteiger partial charge in [0.1, 0.15) is 11.6 Å². The number of likely N-dealkylation sites (N-methyl/N-ethyl adjacent to an activating group) is 1. The second-order valence-corrected chi connectivity index (χ2v) is 11.0. The standard InChI is InChI=1S/C29H34N8O/c1-29(2)18-34-27(38)22-6-5-20(14-24(22)29)21-8-9-30-26-23(21)17-33-28(35-26)32-16-19-4-7-25(31-15-19)37-12-10-36(3)11-13-37/h4-8,14-15,17H,9-13,16,18H2,1-3H3,(H,34,38)(H2,30,32,33,35). The van der Waals surface area contributed by atoms with Gasteiger partial charge in [0, 0.05) is 74.7 Å². The van der Waals surface area contributed by atoms with Crippen LogP contribution in [0, 0.1) is 0 Å². The normalized spacial score (nSPS) is 18.6. The molecular weight excluding hydrogens is 476 g/mol. The van der Waals surface area contributed by atoms with E-state index in [1.807, 2.05) is 24.5 Å². The van der Waals surface area contributed by atoms with Crippen LogP contribution in [0.15, 0.2) is 48.8 Å². The molecule has 38 heavy (non-hydrogen) atoms. The van der Waals surface area contributed by atoms with Gasteiger partial charge in [-0.15, -0.1) is 0 Å². The Morgan fingerprint density at radius 2 is 1.84 bits per heavy atom. The highest BCUT2D eigenvalue weighted by molar-refractivity contribution is 5.98. The van der Waals surface area contributed by atoms with Gasteiger partial charge in [-0.3, -0.25) is 4.79 Å². The highest BCUT2D eigenvalue weighted by Gasteiger charge is 2.32. The molecule has 0 spiro atoms.